The van der Waals surface area contributed by atoms with E-state index >= 15 is 0 Å². The van der Waals surface area contributed by atoms with Gasteiger partial charge in [0.2, 0.25) is 0 Å². The van der Waals surface area contributed by atoms with Gasteiger partial charge in [-0.25, -0.2) is 0 Å². The van der Waals surface area contributed by atoms with Gasteiger partial charge in [0.25, 0.3) is 0 Å². The maximum absolute atomic E-state index is 5.87. The van der Waals surface area contributed by atoms with Gasteiger partial charge in [0.05, 0.1) is 12.5 Å². The number of aryl methyl sites for hydroxylation is 1. The van der Waals surface area contributed by atoms with Gasteiger partial charge in [-0.15, -0.1) is 11.6 Å². The van der Waals surface area contributed by atoms with Crippen molar-refractivity contribution in [3.8, 4) is 5.75 Å². The predicted octanol–water partition coefficient (Wildman–Crippen LogP) is 4.83. The molecule has 0 N–H and O–H groups in total. The molecule has 0 amide bonds. The summed E-state index contributed by atoms with van der Waals surface area (Å²) in [6.45, 7) is 0.751. The molecule has 0 aliphatic carbocycles. The Balaban J connectivity index is 1.69. The van der Waals surface area contributed by atoms with Crippen LogP contribution in [0.15, 0.2) is 54.6 Å². The molecule has 0 fully saturated rings. The number of hydrogen-bond acceptors (Lipinski definition) is 1. The van der Waals surface area contributed by atoms with E-state index in [1.165, 1.54) is 5.56 Å². The number of para-hydroxylation sites is 1. The van der Waals surface area contributed by atoms with E-state index in [9.17, 15) is 0 Å². The third-order valence-electron chi connectivity index (χ3n) is 3.08. The molecule has 0 heterocycles. The minimum absolute atomic E-state index is 0.500. The molecule has 0 spiro atoms. The van der Waals surface area contributed by atoms with Crippen molar-refractivity contribution in [1.29, 1.82) is 0 Å². The summed E-state index contributed by atoms with van der Waals surface area (Å²) in [5.41, 5.74) is 2.45. The molecule has 100 valence electrons. The van der Waals surface area contributed by atoms with Crippen LogP contribution >= 0.6 is 11.6 Å². The maximum Gasteiger partial charge on any atom is 0.123 e. The second kappa shape index (κ2) is 7.85. The lowest BCUT2D eigenvalue weighted by Crippen LogP contribution is -2.00. The van der Waals surface area contributed by atoms with E-state index in [0.717, 1.165) is 37.2 Å². The third-order valence-corrected chi connectivity index (χ3v) is 3.36. The van der Waals surface area contributed by atoms with Crippen LogP contribution in [0, 0.1) is 0 Å². The lowest BCUT2D eigenvalue weighted by atomic mass is 10.1. The third kappa shape index (κ3) is 4.60. The van der Waals surface area contributed by atoms with E-state index in [1.54, 1.807) is 0 Å². The van der Waals surface area contributed by atoms with Gasteiger partial charge >= 0.3 is 0 Å². The van der Waals surface area contributed by atoms with E-state index in [-0.39, 0.29) is 0 Å². The average molecular weight is 275 g/mol. The van der Waals surface area contributed by atoms with Gasteiger partial charge in [-0.1, -0.05) is 48.5 Å². The Bertz CT molecular complexity index is 482. The number of ether oxygens (including phenoxy) is 1. The van der Waals surface area contributed by atoms with Crippen molar-refractivity contribution in [1.82, 2.24) is 0 Å². The van der Waals surface area contributed by atoms with Crippen molar-refractivity contribution in [2.24, 2.45) is 0 Å². The van der Waals surface area contributed by atoms with Crippen molar-refractivity contribution in [3.63, 3.8) is 0 Å². The molecular formula is C17H19ClO. The molecule has 2 aromatic carbocycles. The molecular weight excluding hydrogens is 256 g/mol. The molecule has 0 aliphatic heterocycles. The number of hydrogen-bond donors (Lipinski definition) is 0. The van der Waals surface area contributed by atoms with E-state index in [0.29, 0.717) is 5.88 Å². The summed E-state index contributed by atoms with van der Waals surface area (Å²) in [6, 6.07) is 18.5. The van der Waals surface area contributed by atoms with Crippen LogP contribution in [-0.4, -0.2) is 6.61 Å². The maximum atomic E-state index is 5.87. The summed E-state index contributed by atoms with van der Waals surface area (Å²) in [4.78, 5) is 0. The standard InChI is InChI=1S/C17H19ClO/c18-14-16-11-4-5-12-17(16)19-13-7-6-10-15-8-2-1-3-9-15/h1-5,8-9,11-12H,6-7,10,13-14H2. The quantitative estimate of drug-likeness (QED) is 0.519. The minimum Gasteiger partial charge on any atom is -0.493 e. The van der Waals surface area contributed by atoms with Crippen LogP contribution in [0.25, 0.3) is 0 Å². The molecule has 0 saturated carbocycles. The lowest BCUT2D eigenvalue weighted by Gasteiger charge is -2.09. The fourth-order valence-electron chi connectivity index (χ4n) is 2.01. The molecule has 0 bridgehead atoms. The minimum atomic E-state index is 0.500. The zero-order valence-corrected chi connectivity index (χ0v) is 11.8. The SMILES string of the molecule is ClCc1ccccc1OCCCCc1ccccc1. The first-order chi connectivity index (χ1) is 9.40. The Morgan fingerprint density at radius 1 is 0.842 bits per heavy atom. The second-order valence-electron chi connectivity index (χ2n) is 4.53. The Hall–Kier alpha value is -1.47. The lowest BCUT2D eigenvalue weighted by molar-refractivity contribution is 0.305. The number of alkyl halides is 1. The first kappa shape index (κ1) is 14.0. The number of benzene rings is 2. The van der Waals surface area contributed by atoms with E-state index in [2.05, 4.69) is 30.3 Å². The van der Waals surface area contributed by atoms with Gasteiger partial charge in [-0.3, -0.25) is 0 Å². The number of rotatable bonds is 7. The van der Waals surface area contributed by atoms with Crippen molar-refractivity contribution >= 4 is 11.6 Å². The van der Waals surface area contributed by atoms with Crippen LogP contribution in [-0.2, 0) is 12.3 Å². The highest BCUT2D eigenvalue weighted by molar-refractivity contribution is 6.17. The molecule has 1 nitrogen and oxygen atoms in total. The number of halogens is 1. The zero-order chi connectivity index (χ0) is 13.3. The molecule has 0 saturated heterocycles. The van der Waals surface area contributed by atoms with Crippen LogP contribution in [0.3, 0.4) is 0 Å². The monoisotopic (exact) mass is 274 g/mol. The fraction of sp³-hybridized carbons (Fsp3) is 0.294. The molecule has 0 aliphatic rings. The van der Waals surface area contributed by atoms with Crippen molar-refractivity contribution in [2.75, 3.05) is 6.61 Å². The van der Waals surface area contributed by atoms with Crippen LogP contribution in [0.4, 0.5) is 0 Å². The molecule has 2 aromatic rings. The summed E-state index contributed by atoms with van der Waals surface area (Å²) < 4.78 is 5.78. The average Bonchev–Trinajstić information content (AvgIpc) is 2.48. The van der Waals surface area contributed by atoms with Crippen molar-refractivity contribution < 1.29 is 4.74 Å². The Kier molecular flexibility index (Phi) is 5.77. The summed E-state index contributed by atoms with van der Waals surface area (Å²) in [7, 11) is 0. The van der Waals surface area contributed by atoms with E-state index in [1.807, 2.05) is 24.3 Å². The largest absolute Gasteiger partial charge is 0.493 e. The molecule has 0 atom stereocenters. The highest BCUT2D eigenvalue weighted by Gasteiger charge is 2.01. The highest BCUT2D eigenvalue weighted by atomic mass is 35.5. The van der Waals surface area contributed by atoms with E-state index in [4.69, 9.17) is 16.3 Å². The second-order valence-corrected chi connectivity index (χ2v) is 4.80. The fourth-order valence-corrected chi connectivity index (χ4v) is 2.23. The Morgan fingerprint density at radius 3 is 2.37 bits per heavy atom. The van der Waals surface area contributed by atoms with Gasteiger partial charge in [0.1, 0.15) is 5.75 Å². The van der Waals surface area contributed by atoms with Gasteiger partial charge in [0, 0.05) is 5.56 Å². The van der Waals surface area contributed by atoms with E-state index < -0.39 is 0 Å². The Labute approximate surface area is 120 Å². The van der Waals surface area contributed by atoms with Gasteiger partial charge < -0.3 is 4.74 Å². The normalized spacial score (nSPS) is 10.4. The highest BCUT2D eigenvalue weighted by Crippen LogP contribution is 2.20. The summed E-state index contributed by atoms with van der Waals surface area (Å²) in [5, 5.41) is 0. The van der Waals surface area contributed by atoms with Crippen LogP contribution < -0.4 is 4.74 Å². The van der Waals surface area contributed by atoms with Crippen LogP contribution in [0.2, 0.25) is 0 Å². The Morgan fingerprint density at radius 2 is 1.58 bits per heavy atom. The molecule has 0 unspecified atom stereocenters. The molecule has 2 heteroatoms. The first-order valence-corrected chi connectivity index (χ1v) is 7.24. The number of unbranched alkanes of at least 4 members (excludes halogenated alkanes) is 1. The van der Waals surface area contributed by atoms with Gasteiger partial charge in [-0.2, -0.15) is 0 Å². The summed E-state index contributed by atoms with van der Waals surface area (Å²) in [6.07, 6.45) is 3.32. The first-order valence-electron chi connectivity index (χ1n) is 6.71. The van der Waals surface area contributed by atoms with Crippen molar-refractivity contribution in [2.45, 2.75) is 25.1 Å². The molecule has 2 rings (SSSR count). The van der Waals surface area contributed by atoms with Crippen LogP contribution in [0.5, 0.6) is 5.75 Å². The molecule has 0 aromatic heterocycles. The zero-order valence-electron chi connectivity index (χ0n) is 11.0. The summed E-state index contributed by atoms with van der Waals surface area (Å²) in [5.74, 6) is 1.41. The van der Waals surface area contributed by atoms with Gasteiger partial charge in [-0.05, 0) is 30.9 Å². The predicted molar refractivity (Wildman–Crippen MR) is 80.9 cm³/mol. The van der Waals surface area contributed by atoms with Crippen molar-refractivity contribution in [3.05, 3.63) is 65.7 Å². The summed E-state index contributed by atoms with van der Waals surface area (Å²) >= 11 is 5.87. The van der Waals surface area contributed by atoms with Crippen LogP contribution in [0.1, 0.15) is 24.0 Å². The topological polar surface area (TPSA) is 9.23 Å². The molecule has 0 radical (unpaired) electrons. The smallest absolute Gasteiger partial charge is 0.123 e. The van der Waals surface area contributed by atoms with Gasteiger partial charge in [0.15, 0.2) is 0 Å². The molecule has 19 heavy (non-hydrogen) atoms.